The molecule has 0 radical (unpaired) electrons. The van der Waals surface area contributed by atoms with Crippen LogP contribution in [0, 0.1) is 18.8 Å². The fourth-order valence-corrected chi connectivity index (χ4v) is 4.29. The highest BCUT2D eigenvalue weighted by Crippen LogP contribution is 2.39. The Balaban J connectivity index is 1.25. The van der Waals surface area contributed by atoms with Gasteiger partial charge in [0.15, 0.2) is 0 Å². The molecule has 0 N–H and O–H groups in total. The van der Waals surface area contributed by atoms with E-state index in [1.807, 2.05) is 11.8 Å². The lowest BCUT2D eigenvalue weighted by atomic mass is 9.78. The lowest BCUT2D eigenvalue weighted by Gasteiger charge is -2.46. The van der Waals surface area contributed by atoms with E-state index in [1.54, 1.807) is 12.4 Å². The molecule has 1 amide bonds. The van der Waals surface area contributed by atoms with Crippen LogP contribution in [0.4, 0.5) is 0 Å². The molecule has 3 fully saturated rings. The Morgan fingerprint density at radius 2 is 2.04 bits per heavy atom. The SMILES string of the molecule is Cc1cnc(C(=O)N2CCC3(CC2)CC(CCOCC2CC2)CCO3)cn1. The number of carbonyl (C=O) groups is 1. The van der Waals surface area contributed by atoms with Crippen LogP contribution in [0.25, 0.3) is 0 Å². The van der Waals surface area contributed by atoms with E-state index in [4.69, 9.17) is 9.47 Å². The number of piperidine rings is 1. The van der Waals surface area contributed by atoms with Gasteiger partial charge >= 0.3 is 0 Å². The number of aromatic nitrogens is 2. The third-order valence-electron chi connectivity index (χ3n) is 6.28. The molecule has 148 valence electrons. The summed E-state index contributed by atoms with van der Waals surface area (Å²) in [7, 11) is 0. The largest absolute Gasteiger partial charge is 0.381 e. The molecule has 0 bridgehead atoms. The van der Waals surface area contributed by atoms with Crippen molar-refractivity contribution in [3.63, 3.8) is 0 Å². The summed E-state index contributed by atoms with van der Waals surface area (Å²) in [4.78, 5) is 23.0. The second kappa shape index (κ2) is 8.23. The zero-order valence-corrected chi connectivity index (χ0v) is 16.4. The van der Waals surface area contributed by atoms with Crippen LogP contribution in [0.5, 0.6) is 0 Å². The molecule has 2 saturated heterocycles. The van der Waals surface area contributed by atoms with E-state index in [2.05, 4.69) is 9.97 Å². The van der Waals surface area contributed by atoms with Gasteiger partial charge in [-0.15, -0.1) is 0 Å². The number of likely N-dealkylation sites (tertiary alicyclic amines) is 1. The molecule has 1 aromatic heterocycles. The smallest absolute Gasteiger partial charge is 0.274 e. The maximum absolute atomic E-state index is 12.6. The molecule has 0 aromatic carbocycles. The summed E-state index contributed by atoms with van der Waals surface area (Å²) < 4.78 is 12.1. The van der Waals surface area contributed by atoms with Crippen LogP contribution in [-0.4, -0.2) is 59.3 Å². The van der Waals surface area contributed by atoms with Crippen molar-refractivity contribution >= 4 is 5.91 Å². The average molecular weight is 373 g/mol. The van der Waals surface area contributed by atoms with E-state index < -0.39 is 0 Å². The van der Waals surface area contributed by atoms with Crippen LogP contribution in [-0.2, 0) is 9.47 Å². The topological polar surface area (TPSA) is 64.6 Å². The number of nitrogens with zero attached hydrogens (tertiary/aromatic N) is 3. The fraction of sp³-hybridized carbons (Fsp3) is 0.762. The maximum atomic E-state index is 12.6. The van der Waals surface area contributed by atoms with Gasteiger partial charge in [-0.2, -0.15) is 0 Å². The Kier molecular flexibility index (Phi) is 5.74. The van der Waals surface area contributed by atoms with Gasteiger partial charge in [-0.3, -0.25) is 9.78 Å². The van der Waals surface area contributed by atoms with Crippen molar-refractivity contribution in [1.82, 2.24) is 14.9 Å². The second-order valence-electron chi connectivity index (χ2n) is 8.53. The van der Waals surface area contributed by atoms with Crippen LogP contribution in [0.1, 0.15) is 61.1 Å². The van der Waals surface area contributed by atoms with Gasteiger partial charge in [0, 0.05) is 39.1 Å². The summed E-state index contributed by atoms with van der Waals surface area (Å²) in [6.07, 6.45) is 11.1. The minimum Gasteiger partial charge on any atom is -0.381 e. The highest BCUT2D eigenvalue weighted by molar-refractivity contribution is 5.92. The molecule has 1 aliphatic carbocycles. The van der Waals surface area contributed by atoms with Crippen molar-refractivity contribution in [2.75, 3.05) is 32.9 Å². The number of ether oxygens (including phenoxy) is 2. The van der Waals surface area contributed by atoms with Crippen molar-refractivity contribution in [3.8, 4) is 0 Å². The first-order valence-electron chi connectivity index (χ1n) is 10.4. The van der Waals surface area contributed by atoms with Gasteiger partial charge in [-0.1, -0.05) is 0 Å². The van der Waals surface area contributed by atoms with Crippen LogP contribution >= 0.6 is 0 Å². The monoisotopic (exact) mass is 373 g/mol. The zero-order chi connectivity index (χ0) is 18.7. The highest BCUT2D eigenvalue weighted by atomic mass is 16.5. The number of amides is 1. The molecule has 3 aliphatic rings. The Labute approximate surface area is 161 Å². The minimum absolute atomic E-state index is 0.0156. The normalized spacial score (nSPS) is 24.9. The van der Waals surface area contributed by atoms with E-state index in [1.165, 1.54) is 12.8 Å². The number of aryl methyl sites for hydroxylation is 1. The quantitative estimate of drug-likeness (QED) is 0.717. The Hall–Kier alpha value is -1.53. The lowest BCUT2D eigenvalue weighted by Crippen LogP contribution is -2.51. The number of hydrogen-bond acceptors (Lipinski definition) is 5. The minimum atomic E-state index is -0.0465. The first-order valence-corrected chi connectivity index (χ1v) is 10.4. The first-order chi connectivity index (χ1) is 13.1. The molecule has 6 heteroatoms. The van der Waals surface area contributed by atoms with Gasteiger partial charge < -0.3 is 14.4 Å². The Morgan fingerprint density at radius 1 is 1.22 bits per heavy atom. The van der Waals surface area contributed by atoms with Crippen molar-refractivity contribution in [2.45, 2.75) is 57.5 Å². The van der Waals surface area contributed by atoms with Crippen molar-refractivity contribution < 1.29 is 14.3 Å². The van der Waals surface area contributed by atoms with E-state index >= 15 is 0 Å². The summed E-state index contributed by atoms with van der Waals surface area (Å²) in [5.74, 6) is 1.51. The Bertz CT molecular complexity index is 637. The molecular weight excluding hydrogens is 342 g/mol. The zero-order valence-electron chi connectivity index (χ0n) is 16.4. The molecule has 27 heavy (non-hydrogen) atoms. The first kappa shape index (κ1) is 18.8. The molecule has 3 heterocycles. The maximum Gasteiger partial charge on any atom is 0.274 e. The molecule has 1 unspecified atom stereocenters. The van der Waals surface area contributed by atoms with Gasteiger partial charge in [0.1, 0.15) is 5.69 Å². The van der Waals surface area contributed by atoms with E-state index in [0.29, 0.717) is 11.6 Å². The predicted octanol–water partition coefficient (Wildman–Crippen LogP) is 3.00. The van der Waals surface area contributed by atoms with Crippen LogP contribution < -0.4 is 0 Å². The predicted molar refractivity (Wildman–Crippen MR) is 101 cm³/mol. The fourth-order valence-electron chi connectivity index (χ4n) is 4.29. The van der Waals surface area contributed by atoms with Crippen LogP contribution in [0.3, 0.4) is 0 Å². The number of rotatable bonds is 6. The third-order valence-corrected chi connectivity index (χ3v) is 6.28. The van der Waals surface area contributed by atoms with Gasteiger partial charge in [0.25, 0.3) is 5.91 Å². The summed E-state index contributed by atoms with van der Waals surface area (Å²) in [5.41, 5.74) is 1.22. The van der Waals surface area contributed by atoms with E-state index in [-0.39, 0.29) is 11.5 Å². The lowest BCUT2D eigenvalue weighted by molar-refractivity contribution is -0.126. The molecule has 1 spiro atoms. The molecule has 4 rings (SSSR count). The summed E-state index contributed by atoms with van der Waals surface area (Å²) >= 11 is 0. The third kappa shape index (κ3) is 4.85. The molecule has 1 aromatic rings. The molecule has 1 saturated carbocycles. The summed E-state index contributed by atoms with van der Waals surface area (Å²) in [6, 6.07) is 0. The van der Waals surface area contributed by atoms with Crippen molar-refractivity contribution in [2.24, 2.45) is 11.8 Å². The molecule has 6 nitrogen and oxygen atoms in total. The standard InChI is InChI=1S/C21H31N3O3/c1-16-13-23-19(14-22-16)20(25)24-8-6-21(7-9-24)12-17(5-11-27-21)4-10-26-15-18-2-3-18/h13-14,17-18H,2-12,15H2,1H3. The van der Waals surface area contributed by atoms with E-state index in [0.717, 1.165) is 76.6 Å². The van der Waals surface area contributed by atoms with Crippen LogP contribution in [0.15, 0.2) is 12.4 Å². The second-order valence-corrected chi connectivity index (χ2v) is 8.53. The van der Waals surface area contributed by atoms with Crippen molar-refractivity contribution in [1.29, 1.82) is 0 Å². The van der Waals surface area contributed by atoms with Crippen molar-refractivity contribution in [3.05, 3.63) is 23.8 Å². The van der Waals surface area contributed by atoms with Gasteiger partial charge in [-0.05, 0) is 63.7 Å². The van der Waals surface area contributed by atoms with Gasteiger partial charge in [-0.25, -0.2) is 4.98 Å². The summed E-state index contributed by atoms with van der Waals surface area (Å²) in [6.45, 7) is 6.02. The highest BCUT2D eigenvalue weighted by Gasteiger charge is 2.41. The molecular formula is C21H31N3O3. The average Bonchev–Trinajstić information content (AvgIpc) is 3.51. The van der Waals surface area contributed by atoms with Gasteiger partial charge in [0.2, 0.25) is 0 Å². The number of carbonyl (C=O) groups excluding carboxylic acids is 1. The van der Waals surface area contributed by atoms with E-state index in [9.17, 15) is 4.79 Å². The number of hydrogen-bond donors (Lipinski definition) is 0. The van der Waals surface area contributed by atoms with Crippen LogP contribution in [0.2, 0.25) is 0 Å². The van der Waals surface area contributed by atoms with Gasteiger partial charge in [0.05, 0.1) is 17.5 Å². The molecule has 1 atom stereocenters. The Morgan fingerprint density at radius 3 is 2.74 bits per heavy atom. The molecule has 2 aliphatic heterocycles. The summed E-state index contributed by atoms with van der Waals surface area (Å²) in [5, 5.41) is 0.